The van der Waals surface area contributed by atoms with Crippen molar-refractivity contribution in [3.63, 3.8) is 0 Å². The highest BCUT2D eigenvalue weighted by atomic mass is 32.2. The summed E-state index contributed by atoms with van der Waals surface area (Å²) in [5.74, 6) is -2.28. The van der Waals surface area contributed by atoms with E-state index in [4.69, 9.17) is 30.2 Å². The largest absolute Gasteiger partial charge is 0.493 e. The van der Waals surface area contributed by atoms with Crippen LogP contribution in [0.25, 0.3) is 0 Å². The first kappa shape index (κ1) is 37.8. The van der Waals surface area contributed by atoms with Crippen LogP contribution in [-0.2, 0) is 37.4 Å². The van der Waals surface area contributed by atoms with Gasteiger partial charge in [0.2, 0.25) is 21.8 Å². The summed E-state index contributed by atoms with van der Waals surface area (Å²) in [4.78, 5) is 39.0. The van der Waals surface area contributed by atoms with Crippen molar-refractivity contribution < 1.29 is 50.6 Å². The highest BCUT2D eigenvalue weighted by molar-refractivity contribution is 7.89. The lowest BCUT2D eigenvalue weighted by molar-refractivity contribution is -0.192. The number of nitrogens with two attached hydrogens (primary N) is 2. The number of guanidine groups is 1. The minimum atomic E-state index is -5.08. The number of benzene rings is 2. The molecule has 0 bridgehead atoms. The topological polar surface area (TPSA) is 212 Å². The maximum absolute atomic E-state index is 13.2. The van der Waals surface area contributed by atoms with Gasteiger partial charge >= 0.3 is 12.1 Å². The normalized spacial score (nSPS) is 14.7. The Hall–Kier alpha value is -4.38. The average Bonchev–Trinajstić information content (AvgIpc) is 2.99. The Morgan fingerprint density at radius 2 is 1.65 bits per heavy atom. The molecule has 0 radical (unpaired) electrons. The third-order valence-electron chi connectivity index (χ3n) is 6.90. The first-order valence-electron chi connectivity index (χ1n) is 14.1. The van der Waals surface area contributed by atoms with Crippen LogP contribution in [0.15, 0.2) is 52.4 Å². The summed E-state index contributed by atoms with van der Waals surface area (Å²) in [7, 11) is -0.816. The Balaban J connectivity index is 0.000000942. The predicted molar refractivity (Wildman–Crippen MR) is 161 cm³/mol. The van der Waals surface area contributed by atoms with Gasteiger partial charge in [-0.25, -0.2) is 23.3 Å². The number of aliphatic imine (C=N–C) groups is 1. The number of ether oxygens (including phenoxy) is 2. The van der Waals surface area contributed by atoms with Crippen LogP contribution < -0.4 is 31.0 Å². The van der Waals surface area contributed by atoms with E-state index in [0.717, 1.165) is 25.7 Å². The number of primary sulfonamides is 1. The molecule has 0 aromatic heterocycles. The second kappa shape index (κ2) is 17.4. The lowest BCUT2D eigenvalue weighted by Crippen LogP contribution is -2.42. The highest BCUT2D eigenvalue weighted by Gasteiger charge is 2.38. The van der Waals surface area contributed by atoms with Crippen molar-refractivity contribution in [2.24, 2.45) is 21.8 Å². The molecule has 2 aromatic rings. The summed E-state index contributed by atoms with van der Waals surface area (Å²) in [5.41, 5.74) is 7.33. The second-order valence-corrected chi connectivity index (χ2v) is 12.0. The molecular formula is C29H38F3N5O8S. The molecule has 13 nitrogen and oxygen atoms in total. The van der Waals surface area contributed by atoms with Gasteiger partial charge in [0.25, 0.3) is 0 Å². The third-order valence-corrected chi connectivity index (χ3v) is 7.81. The number of sulfonamides is 1. The molecule has 46 heavy (non-hydrogen) atoms. The zero-order valence-electron chi connectivity index (χ0n) is 25.3. The number of nitrogens with zero attached hydrogens (tertiary/aromatic N) is 1. The van der Waals surface area contributed by atoms with Crippen LogP contribution >= 0.6 is 0 Å². The van der Waals surface area contributed by atoms with Crippen molar-refractivity contribution in [2.45, 2.75) is 68.6 Å². The Kier molecular flexibility index (Phi) is 14.3. The van der Waals surface area contributed by atoms with Crippen LogP contribution in [0, 0.1) is 5.92 Å². The summed E-state index contributed by atoms with van der Waals surface area (Å²) in [5, 5.41) is 17.7. The molecule has 254 valence electrons. The van der Waals surface area contributed by atoms with Crippen LogP contribution in [0.4, 0.5) is 13.2 Å². The number of amides is 2. The molecule has 17 heteroatoms. The number of aliphatic carboxylic acids is 1. The molecule has 2 aromatic carbocycles. The number of carboxylic acids is 1. The molecule has 0 aliphatic heterocycles. The minimum absolute atomic E-state index is 0.0243. The lowest BCUT2D eigenvalue weighted by atomic mass is 9.84. The molecule has 1 aliphatic rings. The molecule has 1 saturated carbocycles. The number of methoxy groups -OCH3 is 2. The van der Waals surface area contributed by atoms with E-state index in [9.17, 15) is 31.2 Å². The number of rotatable bonds is 11. The van der Waals surface area contributed by atoms with E-state index in [1.54, 1.807) is 30.3 Å². The SMILES string of the molecule is COc1ccc(CC(=O)NC(N)=NC(CC2CCCCC2)C(=O)NCc2cccc(S(N)(=O)=O)c2)cc1OC.O=C(O)C(F)(F)F. The summed E-state index contributed by atoms with van der Waals surface area (Å²) >= 11 is 0. The van der Waals surface area contributed by atoms with Gasteiger partial charge < -0.3 is 25.6 Å². The van der Waals surface area contributed by atoms with Gasteiger partial charge in [-0.15, -0.1) is 0 Å². The summed E-state index contributed by atoms with van der Waals surface area (Å²) in [6, 6.07) is 10.4. The molecule has 1 fully saturated rings. The van der Waals surface area contributed by atoms with E-state index < -0.39 is 28.2 Å². The maximum Gasteiger partial charge on any atom is 0.490 e. The van der Waals surface area contributed by atoms with E-state index in [1.807, 2.05) is 0 Å². The van der Waals surface area contributed by atoms with E-state index in [0.29, 0.717) is 35.0 Å². The Morgan fingerprint density at radius 1 is 1.02 bits per heavy atom. The van der Waals surface area contributed by atoms with Gasteiger partial charge in [0.15, 0.2) is 17.5 Å². The van der Waals surface area contributed by atoms with E-state index in [-0.39, 0.29) is 35.6 Å². The number of halogens is 3. The Morgan fingerprint density at radius 3 is 2.22 bits per heavy atom. The van der Waals surface area contributed by atoms with Gasteiger partial charge in [-0.2, -0.15) is 13.2 Å². The van der Waals surface area contributed by atoms with E-state index in [1.165, 1.54) is 32.8 Å². The zero-order chi connectivity index (χ0) is 34.5. The first-order valence-corrected chi connectivity index (χ1v) is 15.6. The number of hydrogen-bond donors (Lipinski definition) is 5. The molecular weight excluding hydrogens is 635 g/mol. The summed E-state index contributed by atoms with van der Waals surface area (Å²) in [6.45, 7) is 0.0877. The van der Waals surface area contributed by atoms with Crippen molar-refractivity contribution in [2.75, 3.05) is 14.2 Å². The maximum atomic E-state index is 13.2. The molecule has 7 N–H and O–H groups in total. The van der Waals surface area contributed by atoms with Crippen molar-refractivity contribution >= 4 is 33.8 Å². The van der Waals surface area contributed by atoms with Crippen LogP contribution in [0.5, 0.6) is 11.5 Å². The van der Waals surface area contributed by atoms with Crippen molar-refractivity contribution in [1.29, 1.82) is 0 Å². The molecule has 1 atom stereocenters. The van der Waals surface area contributed by atoms with E-state index in [2.05, 4.69) is 15.6 Å². The average molecular weight is 674 g/mol. The zero-order valence-corrected chi connectivity index (χ0v) is 26.1. The minimum Gasteiger partial charge on any atom is -0.493 e. The fraction of sp³-hybridized carbons (Fsp3) is 0.448. The van der Waals surface area contributed by atoms with Crippen LogP contribution in [0.1, 0.15) is 49.7 Å². The van der Waals surface area contributed by atoms with Gasteiger partial charge in [0.1, 0.15) is 6.04 Å². The lowest BCUT2D eigenvalue weighted by Gasteiger charge is -2.24. The van der Waals surface area contributed by atoms with Gasteiger partial charge in [-0.1, -0.05) is 50.3 Å². The van der Waals surface area contributed by atoms with Crippen molar-refractivity contribution in [1.82, 2.24) is 10.6 Å². The molecule has 0 heterocycles. The quantitative estimate of drug-likeness (QED) is 0.175. The van der Waals surface area contributed by atoms with Gasteiger partial charge in [-0.05, 0) is 47.7 Å². The van der Waals surface area contributed by atoms with Crippen LogP contribution in [-0.4, -0.2) is 63.7 Å². The van der Waals surface area contributed by atoms with Crippen LogP contribution in [0.2, 0.25) is 0 Å². The fourth-order valence-electron chi connectivity index (χ4n) is 4.66. The number of hydrogen-bond acceptors (Lipinski definition) is 8. The second-order valence-electron chi connectivity index (χ2n) is 10.4. The molecule has 0 saturated heterocycles. The van der Waals surface area contributed by atoms with Gasteiger partial charge in [-0.3, -0.25) is 14.9 Å². The number of nitrogens with one attached hydrogen (secondary N) is 2. The van der Waals surface area contributed by atoms with Crippen molar-refractivity contribution in [3.8, 4) is 11.5 Å². The fourth-order valence-corrected chi connectivity index (χ4v) is 5.24. The van der Waals surface area contributed by atoms with Crippen LogP contribution in [0.3, 0.4) is 0 Å². The standard InChI is InChI=1S/C27H37N5O6S.C2HF3O2/c1-37-23-12-11-19(15-24(23)38-2)16-25(33)32-27(28)31-22(14-18-7-4-3-5-8-18)26(34)30-17-20-9-6-10-21(13-20)39(29,35)36;3-2(4,5)1(6)7/h6,9-13,15,18,22H,3-5,7-8,14,16-17H2,1-2H3,(H,30,34)(H2,29,35,36)(H3,28,31,32,33);(H,6,7). The molecule has 1 aliphatic carbocycles. The number of carboxylic acid groups (broad SMARTS) is 1. The Labute approximate surface area is 264 Å². The monoisotopic (exact) mass is 673 g/mol. The van der Waals surface area contributed by atoms with E-state index >= 15 is 0 Å². The molecule has 2 amide bonds. The van der Waals surface area contributed by atoms with Gasteiger partial charge in [0, 0.05) is 6.54 Å². The summed E-state index contributed by atoms with van der Waals surface area (Å²) in [6.07, 6.45) is 0.806. The molecule has 3 rings (SSSR count). The van der Waals surface area contributed by atoms with Gasteiger partial charge in [0.05, 0.1) is 25.5 Å². The third kappa shape index (κ3) is 12.9. The number of carbonyl (C=O) groups is 3. The number of alkyl halides is 3. The molecule has 1 unspecified atom stereocenters. The highest BCUT2D eigenvalue weighted by Crippen LogP contribution is 2.29. The Bertz CT molecular complexity index is 1500. The first-order chi connectivity index (χ1) is 21.5. The summed E-state index contributed by atoms with van der Waals surface area (Å²) < 4.78 is 65.5. The van der Waals surface area contributed by atoms with Crippen molar-refractivity contribution in [3.05, 3.63) is 53.6 Å². The smallest absolute Gasteiger partial charge is 0.490 e. The predicted octanol–water partition coefficient (Wildman–Crippen LogP) is 2.61. The molecule has 0 spiro atoms. The number of carbonyl (C=O) groups excluding carboxylic acids is 2.